The van der Waals surface area contributed by atoms with Crippen molar-refractivity contribution < 1.29 is 9.15 Å². The predicted octanol–water partition coefficient (Wildman–Crippen LogP) is 4.26. The van der Waals surface area contributed by atoms with Gasteiger partial charge in [-0.3, -0.25) is 0 Å². The maximum absolute atomic E-state index is 6.12. The third-order valence-electron chi connectivity index (χ3n) is 4.34. The summed E-state index contributed by atoms with van der Waals surface area (Å²) in [6, 6.07) is 2.04. The highest BCUT2D eigenvalue weighted by atomic mass is 16.5. The zero-order valence-corrected chi connectivity index (χ0v) is 13.0. The fourth-order valence-electron chi connectivity index (χ4n) is 3.00. The van der Waals surface area contributed by atoms with Crippen molar-refractivity contribution in [1.82, 2.24) is 5.32 Å². The van der Waals surface area contributed by atoms with Crippen molar-refractivity contribution in [3.05, 3.63) is 23.7 Å². The Balaban J connectivity index is 1.77. The fourth-order valence-corrected chi connectivity index (χ4v) is 3.00. The van der Waals surface area contributed by atoms with Crippen molar-refractivity contribution >= 4 is 0 Å². The van der Waals surface area contributed by atoms with Crippen molar-refractivity contribution in [2.24, 2.45) is 5.92 Å². The molecule has 0 amide bonds. The molecule has 0 aliphatic heterocycles. The maximum atomic E-state index is 6.12. The van der Waals surface area contributed by atoms with Gasteiger partial charge in [-0.1, -0.05) is 33.1 Å². The van der Waals surface area contributed by atoms with E-state index in [0.717, 1.165) is 31.2 Å². The molecule has 0 radical (unpaired) electrons. The van der Waals surface area contributed by atoms with Gasteiger partial charge >= 0.3 is 0 Å². The predicted molar refractivity (Wildman–Crippen MR) is 81.5 cm³/mol. The highest BCUT2D eigenvalue weighted by molar-refractivity contribution is 5.15. The van der Waals surface area contributed by atoms with Crippen LogP contribution in [0.5, 0.6) is 0 Å². The molecule has 3 heteroatoms. The van der Waals surface area contributed by atoms with Crippen molar-refractivity contribution in [3.8, 4) is 0 Å². The molecule has 1 saturated carbocycles. The second kappa shape index (κ2) is 8.48. The van der Waals surface area contributed by atoms with Gasteiger partial charge in [0.25, 0.3) is 0 Å². The summed E-state index contributed by atoms with van der Waals surface area (Å²) in [7, 11) is 0. The Morgan fingerprint density at radius 3 is 3.05 bits per heavy atom. The fraction of sp³-hybridized carbons (Fsp3) is 0.765. The molecule has 1 aliphatic carbocycles. The van der Waals surface area contributed by atoms with Gasteiger partial charge in [-0.25, -0.2) is 0 Å². The minimum absolute atomic E-state index is 0.444. The first-order chi connectivity index (χ1) is 9.83. The molecule has 2 unspecified atom stereocenters. The van der Waals surface area contributed by atoms with Crippen LogP contribution in [0.4, 0.5) is 0 Å². The van der Waals surface area contributed by atoms with Crippen LogP contribution in [0.25, 0.3) is 0 Å². The third kappa shape index (κ3) is 4.64. The van der Waals surface area contributed by atoms with E-state index >= 15 is 0 Å². The highest BCUT2D eigenvalue weighted by Gasteiger charge is 2.21. The maximum Gasteiger partial charge on any atom is 0.123 e. The Hall–Kier alpha value is -0.800. The lowest BCUT2D eigenvalue weighted by atomic mass is 9.85. The summed E-state index contributed by atoms with van der Waals surface area (Å²) < 4.78 is 11.7. The van der Waals surface area contributed by atoms with Crippen LogP contribution in [0.1, 0.15) is 63.7 Å². The number of hydrogen-bond donors (Lipinski definition) is 1. The molecule has 2 rings (SSSR count). The lowest BCUT2D eigenvalue weighted by molar-refractivity contribution is 0.00119. The Labute approximate surface area is 123 Å². The molecule has 1 N–H and O–H groups in total. The van der Waals surface area contributed by atoms with E-state index in [1.54, 1.807) is 6.26 Å². The van der Waals surface area contributed by atoms with Crippen molar-refractivity contribution in [2.45, 2.75) is 71.6 Å². The molecular weight excluding hydrogens is 250 g/mol. The number of furan rings is 1. The first-order valence-electron chi connectivity index (χ1n) is 8.21. The molecule has 0 aromatic carbocycles. The highest BCUT2D eigenvalue weighted by Crippen LogP contribution is 2.29. The van der Waals surface area contributed by atoms with E-state index in [4.69, 9.17) is 9.15 Å². The molecular formula is C17H29NO2. The van der Waals surface area contributed by atoms with E-state index in [2.05, 4.69) is 19.2 Å². The average molecular weight is 279 g/mol. The van der Waals surface area contributed by atoms with Gasteiger partial charge in [0.05, 0.1) is 25.5 Å². The molecule has 0 spiro atoms. The first-order valence-corrected chi connectivity index (χ1v) is 8.21. The monoisotopic (exact) mass is 279 g/mol. The minimum Gasteiger partial charge on any atom is -0.468 e. The number of hydrogen-bond acceptors (Lipinski definition) is 3. The van der Waals surface area contributed by atoms with Gasteiger partial charge in [0, 0.05) is 5.56 Å². The summed E-state index contributed by atoms with van der Waals surface area (Å²) in [5, 5.41) is 3.38. The Bertz CT molecular complexity index is 375. The largest absolute Gasteiger partial charge is 0.468 e. The summed E-state index contributed by atoms with van der Waals surface area (Å²) in [5.74, 6) is 1.89. The summed E-state index contributed by atoms with van der Waals surface area (Å²) in [6.45, 7) is 7.00. The van der Waals surface area contributed by atoms with E-state index in [1.807, 2.05) is 6.07 Å². The second-order valence-corrected chi connectivity index (χ2v) is 5.92. The van der Waals surface area contributed by atoms with Gasteiger partial charge in [-0.15, -0.1) is 0 Å². The third-order valence-corrected chi connectivity index (χ3v) is 4.34. The smallest absolute Gasteiger partial charge is 0.123 e. The van der Waals surface area contributed by atoms with Crippen LogP contribution in [-0.4, -0.2) is 12.6 Å². The molecule has 1 aliphatic rings. The average Bonchev–Trinajstić information content (AvgIpc) is 2.93. The van der Waals surface area contributed by atoms with Crippen molar-refractivity contribution in [3.63, 3.8) is 0 Å². The molecule has 1 fully saturated rings. The Kier molecular flexibility index (Phi) is 6.61. The number of nitrogens with one attached hydrogen (secondary N) is 1. The molecule has 1 heterocycles. The Morgan fingerprint density at radius 1 is 1.35 bits per heavy atom. The lowest BCUT2D eigenvalue weighted by Gasteiger charge is -2.28. The van der Waals surface area contributed by atoms with E-state index in [9.17, 15) is 0 Å². The lowest BCUT2D eigenvalue weighted by Crippen LogP contribution is -2.22. The summed E-state index contributed by atoms with van der Waals surface area (Å²) in [4.78, 5) is 0. The van der Waals surface area contributed by atoms with Crippen LogP contribution < -0.4 is 5.32 Å². The van der Waals surface area contributed by atoms with Crippen LogP contribution in [0.3, 0.4) is 0 Å². The van der Waals surface area contributed by atoms with Crippen LogP contribution in [0.15, 0.2) is 16.7 Å². The van der Waals surface area contributed by atoms with E-state index in [1.165, 1.54) is 37.7 Å². The second-order valence-electron chi connectivity index (χ2n) is 5.92. The topological polar surface area (TPSA) is 34.4 Å². The van der Waals surface area contributed by atoms with E-state index in [-0.39, 0.29) is 0 Å². The summed E-state index contributed by atoms with van der Waals surface area (Å²) in [6.07, 6.45) is 9.81. The molecule has 0 bridgehead atoms. The molecule has 114 valence electrons. The van der Waals surface area contributed by atoms with Crippen LogP contribution in [0, 0.1) is 5.92 Å². The Morgan fingerprint density at radius 2 is 2.25 bits per heavy atom. The van der Waals surface area contributed by atoms with Crippen molar-refractivity contribution in [1.29, 1.82) is 0 Å². The van der Waals surface area contributed by atoms with Crippen LogP contribution in [-0.2, 0) is 17.9 Å². The minimum atomic E-state index is 0.444. The number of rotatable bonds is 8. The van der Waals surface area contributed by atoms with Crippen LogP contribution >= 0.6 is 0 Å². The standard InChI is InChI=1S/C17H29NO2/c1-3-9-18-12-17-15(8-10-19-17)13-20-16-7-5-6-14(4-2)11-16/h8,10,14,16,18H,3-7,9,11-13H2,1-2H3. The van der Waals surface area contributed by atoms with Gasteiger partial charge in [0.2, 0.25) is 0 Å². The van der Waals surface area contributed by atoms with Crippen LogP contribution in [0.2, 0.25) is 0 Å². The molecule has 2 atom stereocenters. The molecule has 1 aromatic rings. The van der Waals surface area contributed by atoms with E-state index < -0.39 is 0 Å². The molecule has 0 saturated heterocycles. The van der Waals surface area contributed by atoms with Gasteiger partial charge in [-0.05, 0) is 37.8 Å². The normalized spacial score (nSPS) is 23.1. The van der Waals surface area contributed by atoms with E-state index in [0.29, 0.717) is 12.7 Å². The van der Waals surface area contributed by atoms with Gasteiger partial charge < -0.3 is 14.5 Å². The van der Waals surface area contributed by atoms with Gasteiger partial charge in [0.15, 0.2) is 0 Å². The van der Waals surface area contributed by atoms with Gasteiger partial charge in [0.1, 0.15) is 5.76 Å². The number of ether oxygens (including phenoxy) is 1. The molecule has 3 nitrogen and oxygen atoms in total. The zero-order chi connectivity index (χ0) is 14.2. The zero-order valence-electron chi connectivity index (χ0n) is 13.0. The quantitative estimate of drug-likeness (QED) is 0.722. The first kappa shape index (κ1) is 15.6. The molecule has 1 aromatic heterocycles. The summed E-state index contributed by atoms with van der Waals surface area (Å²) in [5.41, 5.74) is 1.20. The van der Waals surface area contributed by atoms with Gasteiger partial charge in [-0.2, -0.15) is 0 Å². The van der Waals surface area contributed by atoms with Crippen molar-refractivity contribution in [2.75, 3.05) is 6.54 Å². The molecule has 20 heavy (non-hydrogen) atoms. The summed E-state index contributed by atoms with van der Waals surface area (Å²) >= 11 is 0. The SMILES string of the molecule is CCCNCc1occc1COC1CCCC(CC)C1.